The quantitative estimate of drug-likeness (QED) is 0.185. The topological polar surface area (TPSA) is 20.3 Å². The zero-order valence-electron chi connectivity index (χ0n) is 18.4. The van der Waals surface area contributed by atoms with Crippen molar-refractivity contribution in [3.8, 4) is 10.4 Å². The van der Waals surface area contributed by atoms with Gasteiger partial charge in [-0.3, -0.25) is 4.79 Å². The molecule has 0 bridgehead atoms. The van der Waals surface area contributed by atoms with Crippen LogP contribution in [0.1, 0.15) is 29.9 Å². The summed E-state index contributed by atoms with van der Waals surface area (Å²) >= 11 is 3.36. The number of para-hydroxylation sites is 2. The Morgan fingerprint density at radius 2 is 1.41 bits per heavy atom. The Hall–Kier alpha value is -2.82. The van der Waals surface area contributed by atoms with Gasteiger partial charge in [-0.05, 0) is 66.1 Å². The number of anilines is 3. The van der Waals surface area contributed by atoms with Crippen molar-refractivity contribution in [2.24, 2.45) is 5.92 Å². The number of rotatable bonds is 9. The maximum absolute atomic E-state index is 11.6. The summed E-state index contributed by atoms with van der Waals surface area (Å²) in [6.07, 6.45) is 2.14. The number of hydrogen-bond donors (Lipinski definition) is 0. The number of aldehydes is 1. The van der Waals surface area contributed by atoms with Gasteiger partial charge in [-0.2, -0.15) is 0 Å². The summed E-state index contributed by atoms with van der Waals surface area (Å²) in [4.78, 5) is 16.9. The van der Waals surface area contributed by atoms with Crippen LogP contribution in [0.25, 0.3) is 10.4 Å². The molecule has 4 rings (SSSR count). The van der Waals surface area contributed by atoms with Gasteiger partial charge in [0, 0.05) is 26.8 Å². The molecule has 3 aromatic carbocycles. The number of nitrogens with zero attached hydrogens (tertiary/aromatic N) is 1. The second-order valence-corrected chi connectivity index (χ2v) is 10.3. The number of carbonyl (C=O) groups is 1. The van der Waals surface area contributed by atoms with Crippen molar-refractivity contribution in [3.63, 3.8) is 0 Å². The van der Waals surface area contributed by atoms with Crippen LogP contribution in [-0.2, 0) is 0 Å². The molecule has 1 heterocycles. The molecule has 4 aromatic rings. The van der Waals surface area contributed by atoms with Crippen molar-refractivity contribution >= 4 is 46.4 Å². The average Bonchev–Trinajstić information content (AvgIpc) is 3.24. The second kappa shape index (κ2) is 10.7. The minimum Gasteiger partial charge on any atom is -0.311 e. The van der Waals surface area contributed by atoms with Crippen LogP contribution < -0.4 is 4.90 Å². The normalized spacial score (nSPS) is 11.0. The molecular formula is C28H27NOS2. The van der Waals surface area contributed by atoms with Gasteiger partial charge in [0.05, 0.1) is 4.88 Å². The lowest BCUT2D eigenvalue weighted by Crippen LogP contribution is -2.09. The van der Waals surface area contributed by atoms with Gasteiger partial charge in [-0.25, -0.2) is 0 Å². The molecule has 1 aromatic heterocycles. The molecule has 0 N–H and O–H groups in total. The third kappa shape index (κ3) is 5.32. The van der Waals surface area contributed by atoms with Crippen LogP contribution in [0.2, 0.25) is 0 Å². The fraction of sp³-hybridized carbons (Fsp3) is 0.179. The molecule has 0 aliphatic carbocycles. The van der Waals surface area contributed by atoms with Gasteiger partial charge in [-0.1, -0.05) is 62.4 Å². The summed E-state index contributed by atoms with van der Waals surface area (Å²) in [5.41, 5.74) is 4.48. The highest BCUT2D eigenvalue weighted by molar-refractivity contribution is 7.99. The summed E-state index contributed by atoms with van der Waals surface area (Å²) in [6, 6.07) is 31.6. The Morgan fingerprint density at radius 3 is 1.94 bits per heavy atom. The van der Waals surface area contributed by atoms with E-state index in [1.807, 2.05) is 12.1 Å². The van der Waals surface area contributed by atoms with Crippen molar-refractivity contribution in [3.05, 3.63) is 95.9 Å². The number of thioether (sulfide) groups is 1. The van der Waals surface area contributed by atoms with E-state index in [-0.39, 0.29) is 0 Å². The summed E-state index contributed by atoms with van der Waals surface area (Å²) in [6.45, 7) is 4.46. The van der Waals surface area contributed by atoms with Crippen LogP contribution in [-0.4, -0.2) is 12.0 Å². The number of thiophene rings is 1. The number of benzene rings is 3. The molecule has 0 aliphatic rings. The summed E-state index contributed by atoms with van der Waals surface area (Å²) < 4.78 is 0. The van der Waals surface area contributed by atoms with E-state index >= 15 is 0 Å². The zero-order valence-corrected chi connectivity index (χ0v) is 20.0. The smallest absolute Gasteiger partial charge is 0.161 e. The first-order chi connectivity index (χ1) is 15.7. The summed E-state index contributed by atoms with van der Waals surface area (Å²) in [5.74, 6) is 1.71. The molecule has 162 valence electrons. The Kier molecular flexibility index (Phi) is 7.46. The van der Waals surface area contributed by atoms with Crippen LogP contribution >= 0.6 is 23.1 Å². The highest BCUT2D eigenvalue weighted by Crippen LogP contribution is 2.39. The molecule has 0 fully saturated rings. The molecule has 0 aliphatic heterocycles. The molecule has 0 spiro atoms. The van der Waals surface area contributed by atoms with E-state index in [0.717, 1.165) is 55.7 Å². The van der Waals surface area contributed by atoms with Crippen molar-refractivity contribution < 1.29 is 4.79 Å². The second-order valence-electron chi connectivity index (χ2n) is 8.04. The Morgan fingerprint density at radius 1 is 0.844 bits per heavy atom. The fourth-order valence-corrected chi connectivity index (χ4v) is 5.96. The van der Waals surface area contributed by atoms with Crippen molar-refractivity contribution in [1.29, 1.82) is 0 Å². The van der Waals surface area contributed by atoms with Crippen molar-refractivity contribution in [1.82, 2.24) is 0 Å². The molecule has 0 unspecified atom stereocenters. The minimum absolute atomic E-state index is 0.671. The molecule has 4 heteroatoms. The van der Waals surface area contributed by atoms with Gasteiger partial charge in [0.2, 0.25) is 0 Å². The monoisotopic (exact) mass is 457 g/mol. The largest absolute Gasteiger partial charge is 0.311 e. The highest BCUT2D eigenvalue weighted by atomic mass is 32.2. The first-order valence-corrected chi connectivity index (χ1v) is 12.7. The van der Waals surface area contributed by atoms with Crippen LogP contribution in [0.4, 0.5) is 17.1 Å². The lowest BCUT2D eigenvalue weighted by Gasteiger charge is -2.25. The maximum atomic E-state index is 11.6. The molecular weight excluding hydrogens is 430 g/mol. The molecule has 2 nitrogen and oxygen atoms in total. The predicted octanol–water partition coefficient (Wildman–Crippen LogP) is 8.84. The molecule has 0 saturated heterocycles. The Balaban J connectivity index is 1.62. The standard InChI is InChI=1S/C28H27NOS2/c1-21(2)17-18-31-27-19-26(32-28(27)20-30)22-13-15-25(16-14-22)29(23-9-5-3-6-10-23)24-11-7-4-8-12-24/h3-16,19-21H,17-18H2,1-2H3. The van der Waals surface area contributed by atoms with Gasteiger partial charge < -0.3 is 4.90 Å². The van der Waals surface area contributed by atoms with Gasteiger partial charge in [-0.15, -0.1) is 23.1 Å². The number of carbonyl (C=O) groups excluding carboxylic acids is 1. The lowest BCUT2D eigenvalue weighted by atomic mass is 10.1. The Labute approximate surface area is 198 Å². The molecule has 0 radical (unpaired) electrons. The van der Waals surface area contributed by atoms with Gasteiger partial charge >= 0.3 is 0 Å². The first kappa shape index (κ1) is 22.4. The predicted molar refractivity (Wildman–Crippen MR) is 140 cm³/mol. The summed E-state index contributed by atoms with van der Waals surface area (Å²) in [5, 5.41) is 0. The van der Waals surface area contributed by atoms with E-state index in [1.54, 1.807) is 23.1 Å². The van der Waals surface area contributed by atoms with Crippen LogP contribution in [0.5, 0.6) is 0 Å². The number of hydrogen-bond acceptors (Lipinski definition) is 4. The SMILES string of the molecule is CC(C)CCSc1cc(-c2ccc(N(c3ccccc3)c3ccccc3)cc2)sc1C=O. The molecule has 32 heavy (non-hydrogen) atoms. The van der Waals surface area contributed by atoms with E-state index in [9.17, 15) is 4.79 Å². The van der Waals surface area contributed by atoms with Crippen molar-refractivity contribution in [2.45, 2.75) is 25.2 Å². The molecule has 0 amide bonds. The highest BCUT2D eigenvalue weighted by Gasteiger charge is 2.14. The van der Waals surface area contributed by atoms with E-state index in [0.29, 0.717) is 5.92 Å². The van der Waals surface area contributed by atoms with Crippen LogP contribution in [0.15, 0.2) is 95.9 Å². The minimum atomic E-state index is 0.671. The molecule has 0 atom stereocenters. The van der Waals surface area contributed by atoms with Crippen LogP contribution in [0, 0.1) is 5.92 Å². The van der Waals surface area contributed by atoms with E-state index < -0.39 is 0 Å². The van der Waals surface area contributed by atoms with E-state index in [1.165, 1.54) is 0 Å². The van der Waals surface area contributed by atoms with Crippen molar-refractivity contribution in [2.75, 3.05) is 10.7 Å². The fourth-order valence-electron chi connectivity index (χ4n) is 3.51. The van der Waals surface area contributed by atoms with Crippen LogP contribution in [0.3, 0.4) is 0 Å². The third-order valence-electron chi connectivity index (χ3n) is 5.22. The average molecular weight is 458 g/mol. The van der Waals surface area contributed by atoms with Gasteiger partial charge in [0.15, 0.2) is 6.29 Å². The van der Waals surface area contributed by atoms with E-state index in [4.69, 9.17) is 0 Å². The zero-order chi connectivity index (χ0) is 22.3. The maximum Gasteiger partial charge on any atom is 0.161 e. The van der Waals surface area contributed by atoms with E-state index in [2.05, 4.69) is 97.6 Å². The third-order valence-corrected chi connectivity index (χ3v) is 7.55. The van der Waals surface area contributed by atoms with Gasteiger partial charge in [0.1, 0.15) is 0 Å². The lowest BCUT2D eigenvalue weighted by molar-refractivity contribution is 0.112. The molecule has 0 saturated carbocycles. The first-order valence-electron chi connectivity index (χ1n) is 10.9. The summed E-state index contributed by atoms with van der Waals surface area (Å²) in [7, 11) is 0. The Bertz CT molecular complexity index is 1100. The van der Waals surface area contributed by atoms with Gasteiger partial charge in [0.25, 0.3) is 0 Å².